The highest BCUT2D eigenvalue weighted by Crippen LogP contribution is 2.05. The van der Waals surface area contributed by atoms with Gasteiger partial charge in [-0.2, -0.15) is 0 Å². The van der Waals surface area contributed by atoms with Crippen molar-refractivity contribution in [3.8, 4) is 0 Å². The predicted molar refractivity (Wildman–Crippen MR) is 56.0 cm³/mol. The maximum atomic E-state index is 5.04. The van der Waals surface area contributed by atoms with Crippen molar-refractivity contribution in [2.75, 3.05) is 13.7 Å². The molecule has 1 rings (SSSR count). The van der Waals surface area contributed by atoms with Crippen LogP contribution < -0.4 is 5.32 Å². The SMILES string of the molecule is CCCNCc1nc(COC)c(C)[nH]1. The molecule has 0 spiro atoms. The Morgan fingerprint density at radius 3 is 2.93 bits per heavy atom. The van der Waals surface area contributed by atoms with Crippen LogP contribution in [0.4, 0.5) is 0 Å². The van der Waals surface area contributed by atoms with Crippen molar-refractivity contribution < 1.29 is 4.74 Å². The molecule has 0 unspecified atom stereocenters. The van der Waals surface area contributed by atoms with Crippen LogP contribution in [-0.2, 0) is 17.9 Å². The number of ether oxygens (including phenoxy) is 1. The zero-order valence-corrected chi connectivity index (χ0v) is 9.18. The fourth-order valence-electron chi connectivity index (χ4n) is 1.31. The largest absolute Gasteiger partial charge is 0.378 e. The molecule has 0 amide bonds. The quantitative estimate of drug-likeness (QED) is 0.677. The number of nitrogens with one attached hydrogen (secondary N) is 2. The van der Waals surface area contributed by atoms with Gasteiger partial charge in [0.05, 0.1) is 18.8 Å². The van der Waals surface area contributed by atoms with Crippen molar-refractivity contribution >= 4 is 0 Å². The van der Waals surface area contributed by atoms with E-state index in [1.807, 2.05) is 6.92 Å². The summed E-state index contributed by atoms with van der Waals surface area (Å²) in [6, 6.07) is 0. The smallest absolute Gasteiger partial charge is 0.120 e. The first-order valence-electron chi connectivity index (χ1n) is 5.02. The third-order valence-corrected chi connectivity index (χ3v) is 2.03. The van der Waals surface area contributed by atoms with Crippen molar-refractivity contribution in [1.29, 1.82) is 0 Å². The molecule has 80 valence electrons. The molecule has 0 fully saturated rings. The van der Waals surface area contributed by atoms with Gasteiger partial charge in [-0.05, 0) is 19.9 Å². The molecular weight excluding hydrogens is 178 g/mol. The summed E-state index contributed by atoms with van der Waals surface area (Å²) in [7, 11) is 1.68. The number of nitrogens with zero attached hydrogens (tertiary/aromatic N) is 1. The second kappa shape index (κ2) is 5.78. The predicted octanol–water partition coefficient (Wildman–Crippen LogP) is 1.36. The number of rotatable bonds is 6. The molecule has 0 bridgehead atoms. The number of aromatic amines is 1. The molecule has 4 heteroatoms. The second-order valence-corrected chi connectivity index (χ2v) is 3.36. The number of imidazole rings is 1. The van der Waals surface area contributed by atoms with E-state index >= 15 is 0 Å². The highest BCUT2D eigenvalue weighted by molar-refractivity contribution is 5.11. The summed E-state index contributed by atoms with van der Waals surface area (Å²) >= 11 is 0. The van der Waals surface area contributed by atoms with Crippen LogP contribution in [0.5, 0.6) is 0 Å². The first-order valence-corrected chi connectivity index (χ1v) is 5.02. The van der Waals surface area contributed by atoms with Gasteiger partial charge in [0.2, 0.25) is 0 Å². The topological polar surface area (TPSA) is 49.9 Å². The molecule has 0 atom stereocenters. The number of methoxy groups -OCH3 is 1. The van der Waals surface area contributed by atoms with Gasteiger partial charge in [0.1, 0.15) is 5.82 Å². The standard InChI is InChI=1S/C10H19N3O/c1-4-5-11-6-10-12-8(2)9(13-10)7-14-3/h11H,4-7H2,1-3H3,(H,12,13). The van der Waals surface area contributed by atoms with Gasteiger partial charge in [0, 0.05) is 12.8 Å². The zero-order chi connectivity index (χ0) is 10.4. The summed E-state index contributed by atoms with van der Waals surface area (Å²) in [6.07, 6.45) is 1.14. The third-order valence-electron chi connectivity index (χ3n) is 2.03. The lowest BCUT2D eigenvalue weighted by molar-refractivity contribution is 0.181. The fraction of sp³-hybridized carbons (Fsp3) is 0.700. The minimum atomic E-state index is 0.579. The van der Waals surface area contributed by atoms with Crippen molar-refractivity contribution in [2.24, 2.45) is 0 Å². The lowest BCUT2D eigenvalue weighted by Crippen LogP contribution is -2.14. The molecule has 0 saturated carbocycles. The molecule has 0 aromatic carbocycles. The summed E-state index contributed by atoms with van der Waals surface area (Å²) < 4.78 is 5.04. The summed E-state index contributed by atoms with van der Waals surface area (Å²) in [5, 5.41) is 3.30. The third kappa shape index (κ3) is 3.12. The maximum absolute atomic E-state index is 5.04. The van der Waals surface area contributed by atoms with Crippen LogP contribution in [0.3, 0.4) is 0 Å². The van der Waals surface area contributed by atoms with Crippen LogP contribution in [0.15, 0.2) is 0 Å². The number of aromatic nitrogens is 2. The van der Waals surface area contributed by atoms with Gasteiger partial charge in [-0.1, -0.05) is 6.92 Å². The molecular formula is C10H19N3O. The lowest BCUT2D eigenvalue weighted by atomic mass is 10.4. The van der Waals surface area contributed by atoms with Crippen molar-refractivity contribution in [2.45, 2.75) is 33.4 Å². The fourth-order valence-corrected chi connectivity index (χ4v) is 1.31. The number of hydrogen-bond donors (Lipinski definition) is 2. The van der Waals surface area contributed by atoms with Gasteiger partial charge in [-0.25, -0.2) is 4.98 Å². The summed E-state index contributed by atoms with van der Waals surface area (Å²) in [6.45, 7) is 6.58. The van der Waals surface area contributed by atoms with Gasteiger partial charge >= 0.3 is 0 Å². The Labute approximate surface area is 85.1 Å². The molecule has 4 nitrogen and oxygen atoms in total. The van der Waals surface area contributed by atoms with Crippen LogP contribution in [0.25, 0.3) is 0 Å². The van der Waals surface area contributed by atoms with Crippen LogP contribution in [-0.4, -0.2) is 23.6 Å². The van der Waals surface area contributed by atoms with Gasteiger partial charge < -0.3 is 15.0 Å². The van der Waals surface area contributed by atoms with Gasteiger partial charge in [0.25, 0.3) is 0 Å². The van der Waals surface area contributed by atoms with E-state index in [2.05, 4.69) is 22.2 Å². The van der Waals surface area contributed by atoms with Gasteiger partial charge in [-0.3, -0.25) is 0 Å². The molecule has 0 saturated heterocycles. The first kappa shape index (κ1) is 11.2. The van der Waals surface area contributed by atoms with E-state index in [4.69, 9.17) is 4.74 Å². The molecule has 14 heavy (non-hydrogen) atoms. The minimum absolute atomic E-state index is 0.579. The van der Waals surface area contributed by atoms with Gasteiger partial charge in [0.15, 0.2) is 0 Å². The van der Waals surface area contributed by atoms with E-state index in [1.165, 1.54) is 0 Å². The van der Waals surface area contributed by atoms with Gasteiger partial charge in [-0.15, -0.1) is 0 Å². The second-order valence-electron chi connectivity index (χ2n) is 3.36. The van der Waals surface area contributed by atoms with Crippen LogP contribution in [0.1, 0.15) is 30.6 Å². The molecule has 0 aliphatic rings. The molecule has 0 aliphatic heterocycles. The maximum Gasteiger partial charge on any atom is 0.120 e. The Bertz CT molecular complexity index is 270. The Balaban J connectivity index is 2.48. The minimum Gasteiger partial charge on any atom is -0.378 e. The molecule has 1 aromatic rings. The van der Waals surface area contributed by atoms with Crippen molar-refractivity contribution in [1.82, 2.24) is 15.3 Å². The zero-order valence-electron chi connectivity index (χ0n) is 9.18. The normalized spacial score (nSPS) is 10.8. The number of aryl methyl sites for hydroxylation is 1. The lowest BCUT2D eigenvalue weighted by Gasteiger charge is -1.98. The molecule has 2 N–H and O–H groups in total. The molecule has 0 radical (unpaired) electrons. The monoisotopic (exact) mass is 197 g/mol. The highest BCUT2D eigenvalue weighted by Gasteiger charge is 2.04. The van der Waals surface area contributed by atoms with Crippen molar-refractivity contribution in [3.63, 3.8) is 0 Å². The average Bonchev–Trinajstić information content (AvgIpc) is 2.49. The summed E-state index contributed by atoms with van der Waals surface area (Å²) in [4.78, 5) is 7.66. The Kier molecular flexibility index (Phi) is 4.62. The van der Waals surface area contributed by atoms with Crippen molar-refractivity contribution in [3.05, 3.63) is 17.2 Å². The Morgan fingerprint density at radius 2 is 2.29 bits per heavy atom. The molecule has 1 aromatic heterocycles. The number of H-pyrrole nitrogens is 1. The summed E-state index contributed by atoms with van der Waals surface area (Å²) in [5.74, 6) is 0.989. The Hall–Kier alpha value is -0.870. The Morgan fingerprint density at radius 1 is 1.50 bits per heavy atom. The van der Waals surface area contributed by atoms with E-state index in [1.54, 1.807) is 7.11 Å². The average molecular weight is 197 g/mol. The van der Waals surface area contributed by atoms with E-state index in [0.29, 0.717) is 6.61 Å². The van der Waals surface area contributed by atoms with Crippen LogP contribution in [0, 0.1) is 6.92 Å². The van der Waals surface area contributed by atoms with E-state index in [0.717, 1.165) is 36.7 Å². The summed E-state index contributed by atoms with van der Waals surface area (Å²) in [5.41, 5.74) is 2.10. The van der Waals surface area contributed by atoms with E-state index in [9.17, 15) is 0 Å². The van der Waals surface area contributed by atoms with Crippen LogP contribution in [0.2, 0.25) is 0 Å². The highest BCUT2D eigenvalue weighted by atomic mass is 16.5. The van der Waals surface area contributed by atoms with E-state index in [-0.39, 0.29) is 0 Å². The number of hydrogen-bond acceptors (Lipinski definition) is 3. The van der Waals surface area contributed by atoms with E-state index < -0.39 is 0 Å². The first-order chi connectivity index (χ1) is 6.77. The molecule has 0 aliphatic carbocycles. The van der Waals surface area contributed by atoms with Crippen LogP contribution >= 0.6 is 0 Å². The molecule has 1 heterocycles.